The highest BCUT2D eigenvalue weighted by Gasteiger charge is 2.11. The van der Waals surface area contributed by atoms with Crippen LogP contribution in [-0.2, 0) is 6.61 Å². The SMILES string of the molecule is CCOc1cc(/C=N\NC(=O)c2cccc(F)c2)c(Br)cc1OCc1ccc(F)cc1. The maximum Gasteiger partial charge on any atom is 0.271 e. The fourth-order valence-corrected chi connectivity index (χ4v) is 3.05. The molecule has 160 valence electrons. The van der Waals surface area contributed by atoms with Crippen LogP contribution in [0.2, 0.25) is 0 Å². The van der Waals surface area contributed by atoms with Crippen LogP contribution >= 0.6 is 15.9 Å². The van der Waals surface area contributed by atoms with Crippen LogP contribution in [0.25, 0.3) is 0 Å². The van der Waals surface area contributed by atoms with Crippen molar-refractivity contribution in [2.45, 2.75) is 13.5 Å². The maximum atomic E-state index is 13.2. The van der Waals surface area contributed by atoms with Gasteiger partial charge in [-0.05, 0) is 70.9 Å². The van der Waals surface area contributed by atoms with Crippen LogP contribution in [0.1, 0.15) is 28.4 Å². The van der Waals surface area contributed by atoms with Crippen molar-refractivity contribution in [3.8, 4) is 11.5 Å². The monoisotopic (exact) mass is 488 g/mol. The topological polar surface area (TPSA) is 59.9 Å². The zero-order chi connectivity index (χ0) is 22.2. The Kier molecular flexibility index (Phi) is 7.72. The fourth-order valence-electron chi connectivity index (χ4n) is 2.63. The van der Waals surface area contributed by atoms with E-state index >= 15 is 0 Å². The van der Waals surface area contributed by atoms with E-state index in [4.69, 9.17) is 9.47 Å². The molecule has 8 heteroatoms. The summed E-state index contributed by atoms with van der Waals surface area (Å²) >= 11 is 3.45. The van der Waals surface area contributed by atoms with E-state index in [2.05, 4.69) is 26.5 Å². The molecule has 0 aliphatic heterocycles. The second-order valence-electron chi connectivity index (χ2n) is 6.38. The van der Waals surface area contributed by atoms with Gasteiger partial charge in [-0.1, -0.05) is 18.2 Å². The van der Waals surface area contributed by atoms with Crippen LogP contribution in [0, 0.1) is 11.6 Å². The molecule has 0 atom stereocenters. The molecule has 0 saturated heterocycles. The largest absolute Gasteiger partial charge is 0.490 e. The second kappa shape index (κ2) is 10.7. The standard InChI is InChI=1S/C23H19BrF2N2O3/c1-2-30-21-11-17(13-27-28-23(29)16-4-3-5-19(26)10-16)20(24)12-22(21)31-14-15-6-8-18(25)9-7-15/h3-13H,2,14H2,1H3,(H,28,29)/b27-13-. The number of nitrogens with one attached hydrogen (secondary N) is 1. The molecule has 0 bridgehead atoms. The summed E-state index contributed by atoms with van der Waals surface area (Å²) in [6.45, 7) is 2.50. The number of carbonyl (C=O) groups excluding carboxylic acids is 1. The summed E-state index contributed by atoms with van der Waals surface area (Å²) < 4.78 is 38.5. The predicted octanol–water partition coefficient (Wildman–Crippen LogP) is 5.47. The number of amides is 1. The number of hydrogen-bond acceptors (Lipinski definition) is 4. The number of nitrogens with zero attached hydrogens (tertiary/aromatic N) is 1. The molecule has 0 aliphatic carbocycles. The van der Waals surface area contributed by atoms with Gasteiger partial charge in [0.05, 0.1) is 12.8 Å². The molecule has 0 aromatic heterocycles. The molecule has 3 aromatic carbocycles. The van der Waals surface area contributed by atoms with Gasteiger partial charge in [0.15, 0.2) is 11.5 Å². The summed E-state index contributed by atoms with van der Waals surface area (Å²) in [6, 6.07) is 14.8. The first-order valence-electron chi connectivity index (χ1n) is 9.39. The van der Waals surface area contributed by atoms with Crippen molar-refractivity contribution in [1.82, 2.24) is 5.43 Å². The molecular weight excluding hydrogens is 470 g/mol. The molecule has 0 spiro atoms. The Morgan fingerprint density at radius 3 is 2.48 bits per heavy atom. The van der Waals surface area contributed by atoms with E-state index in [0.717, 1.165) is 11.6 Å². The minimum atomic E-state index is -0.531. The summed E-state index contributed by atoms with van der Waals surface area (Å²) in [4.78, 5) is 12.1. The Hall–Kier alpha value is -3.26. The number of hydrazone groups is 1. The van der Waals surface area contributed by atoms with Crippen molar-refractivity contribution in [3.63, 3.8) is 0 Å². The zero-order valence-electron chi connectivity index (χ0n) is 16.6. The van der Waals surface area contributed by atoms with E-state index in [1.165, 1.54) is 36.5 Å². The van der Waals surface area contributed by atoms with Crippen molar-refractivity contribution in [1.29, 1.82) is 0 Å². The van der Waals surface area contributed by atoms with Crippen molar-refractivity contribution in [2.24, 2.45) is 5.10 Å². The minimum Gasteiger partial charge on any atom is -0.490 e. The molecule has 5 nitrogen and oxygen atoms in total. The summed E-state index contributed by atoms with van der Waals surface area (Å²) in [7, 11) is 0. The average molecular weight is 489 g/mol. The highest BCUT2D eigenvalue weighted by Crippen LogP contribution is 2.33. The molecule has 0 radical (unpaired) electrons. The summed E-state index contributed by atoms with van der Waals surface area (Å²) in [6.07, 6.45) is 1.44. The van der Waals surface area contributed by atoms with Gasteiger partial charge in [-0.3, -0.25) is 4.79 Å². The second-order valence-corrected chi connectivity index (χ2v) is 7.23. The van der Waals surface area contributed by atoms with Crippen LogP contribution in [0.3, 0.4) is 0 Å². The van der Waals surface area contributed by atoms with Crippen LogP contribution < -0.4 is 14.9 Å². The van der Waals surface area contributed by atoms with Gasteiger partial charge in [-0.25, -0.2) is 14.2 Å². The fraction of sp³-hybridized carbons (Fsp3) is 0.130. The molecule has 0 heterocycles. The van der Waals surface area contributed by atoms with E-state index in [1.807, 2.05) is 6.92 Å². The van der Waals surface area contributed by atoms with Gasteiger partial charge in [0.1, 0.15) is 18.2 Å². The lowest BCUT2D eigenvalue weighted by Crippen LogP contribution is -2.17. The first-order valence-corrected chi connectivity index (χ1v) is 10.2. The van der Waals surface area contributed by atoms with Crippen molar-refractivity contribution in [2.75, 3.05) is 6.61 Å². The van der Waals surface area contributed by atoms with Gasteiger partial charge in [0.25, 0.3) is 5.91 Å². The number of carbonyl (C=O) groups is 1. The Morgan fingerprint density at radius 2 is 1.77 bits per heavy atom. The van der Waals surface area contributed by atoms with Gasteiger partial charge >= 0.3 is 0 Å². The average Bonchev–Trinajstić information content (AvgIpc) is 2.75. The molecule has 0 aliphatic rings. The number of benzene rings is 3. The quantitative estimate of drug-likeness (QED) is 0.337. The van der Waals surface area contributed by atoms with Gasteiger partial charge in [-0.15, -0.1) is 0 Å². The Balaban J connectivity index is 1.72. The number of hydrogen-bond donors (Lipinski definition) is 1. The first-order chi connectivity index (χ1) is 15.0. The van der Waals surface area contributed by atoms with Gasteiger partial charge in [-0.2, -0.15) is 5.10 Å². The summed E-state index contributed by atoms with van der Waals surface area (Å²) in [5.74, 6) is -0.354. The van der Waals surface area contributed by atoms with Crippen LogP contribution in [0.4, 0.5) is 8.78 Å². The normalized spacial score (nSPS) is 10.8. The Morgan fingerprint density at radius 1 is 1.03 bits per heavy atom. The Bertz CT molecular complexity index is 1090. The van der Waals surface area contributed by atoms with Crippen LogP contribution in [0.15, 0.2) is 70.2 Å². The van der Waals surface area contributed by atoms with Crippen molar-refractivity contribution in [3.05, 3.63) is 93.5 Å². The van der Waals surface area contributed by atoms with Crippen molar-refractivity contribution >= 4 is 28.1 Å². The van der Waals surface area contributed by atoms with E-state index in [1.54, 1.807) is 24.3 Å². The lowest BCUT2D eigenvalue weighted by atomic mass is 10.2. The molecular formula is C23H19BrF2N2O3. The molecule has 0 unspecified atom stereocenters. The first kappa shape index (κ1) is 22.4. The van der Waals surface area contributed by atoms with E-state index in [9.17, 15) is 13.6 Å². The van der Waals surface area contributed by atoms with E-state index < -0.39 is 11.7 Å². The van der Waals surface area contributed by atoms with Gasteiger partial charge in [0, 0.05) is 15.6 Å². The third kappa shape index (κ3) is 6.36. The third-order valence-corrected chi connectivity index (χ3v) is 4.81. The molecule has 1 amide bonds. The highest BCUT2D eigenvalue weighted by molar-refractivity contribution is 9.10. The number of ether oxygens (including phenoxy) is 2. The number of halogens is 3. The Labute approximate surface area is 186 Å². The minimum absolute atomic E-state index is 0.163. The van der Waals surface area contributed by atoms with Gasteiger partial charge < -0.3 is 9.47 Å². The smallest absolute Gasteiger partial charge is 0.271 e. The van der Waals surface area contributed by atoms with Crippen molar-refractivity contribution < 1.29 is 23.0 Å². The van der Waals surface area contributed by atoms with Gasteiger partial charge in [0.2, 0.25) is 0 Å². The molecule has 1 N–H and O–H groups in total. The summed E-state index contributed by atoms with van der Waals surface area (Å²) in [5.41, 5.74) is 3.97. The lowest BCUT2D eigenvalue weighted by molar-refractivity contribution is 0.0954. The third-order valence-electron chi connectivity index (χ3n) is 4.13. The molecule has 3 aromatic rings. The summed E-state index contributed by atoms with van der Waals surface area (Å²) in [5, 5.41) is 3.93. The maximum absolute atomic E-state index is 13.2. The van der Waals surface area contributed by atoms with Crippen LogP contribution in [0.5, 0.6) is 11.5 Å². The lowest BCUT2D eigenvalue weighted by Gasteiger charge is -2.14. The zero-order valence-corrected chi connectivity index (χ0v) is 18.2. The van der Waals surface area contributed by atoms with Crippen LogP contribution in [-0.4, -0.2) is 18.7 Å². The van der Waals surface area contributed by atoms with E-state index in [0.29, 0.717) is 28.1 Å². The molecule has 3 rings (SSSR count). The molecule has 0 fully saturated rings. The molecule has 0 saturated carbocycles. The highest BCUT2D eigenvalue weighted by atomic mass is 79.9. The van der Waals surface area contributed by atoms with E-state index in [-0.39, 0.29) is 18.0 Å². The number of rotatable bonds is 8. The molecule has 31 heavy (non-hydrogen) atoms. The predicted molar refractivity (Wildman–Crippen MR) is 118 cm³/mol.